The summed E-state index contributed by atoms with van der Waals surface area (Å²) >= 11 is 1.34. The average Bonchev–Trinajstić information content (AvgIpc) is 3.10. The van der Waals surface area contributed by atoms with Crippen molar-refractivity contribution in [3.8, 4) is 6.07 Å². The summed E-state index contributed by atoms with van der Waals surface area (Å²) in [6, 6.07) is 6.05. The van der Waals surface area contributed by atoms with Crippen molar-refractivity contribution in [2.24, 2.45) is 0 Å². The highest BCUT2D eigenvalue weighted by molar-refractivity contribution is 7.20. The lowest BCUT2D eigenvalue weighted by molar-refractivity contribution is 0.0605. The van der Waals surface area contributed by atoms with Gasteiger partial charge >= 0.3 is 5.97 Å². The zero-order valence-electron chi connectivity index (χ0n) is 17.1. The highest BCUT2D eigenvalue weighted by Crippen LogP contribution is 2.35. The average molecular weight is 423 g/mol. The predicted octanol–water partition coefficient (Wildman–Crippen LogP) is 3.44. The van der Waals surface area contributed by atoms with Crippen LogP contribution >= 0.6 is 11.3 Å². The minimum absolute atomic E-state index is 0.262. The highest BCUT2D eigenvalue weighted by atomic mass is 32.1. The molecule has 0 aromatic carbocycles. The molecule has 30 heavy (non-hydrogen) atoms. The minimum Gasteiger partial charge on any atom is -0.465 e. The van der Waals surface area contributed by atoms with Gasteiger partial charge in [-0.2, -0.15) is 5.26 Å². The summed E-state index contributed by atoms with van der Waals surface area (Å²) in [6.07, 6.45) is 3.47. The topological polar surface area (TPSA) is 104 Å². The Balaban J connectivity index is 1.51. The van der Waals surface area contributed by atoms with Crippen LogP contribution in [0.5, 0.6) is 0 Å². The smallest absolute Gasteiger partial charge is 0.348 e. The fourth-order valence-electron chi connectivity index (χ4n) is 3.72. The molecule has 9 heteroatoms. The number of nitrogens with zero attached hydrogens (tertiary/aromatic N) is 5. The molecule has 3 aromatic rings. The molecule has 1 N–H and O–H groups in total. The number of aromatic nitrogens is 3. The van der Waals surface area contributed by atoms with Crippen LogP contribution in [-0.2, 0) is 4.74 Å². The van der Waals surface area contributed by atoms with Crippen molar-refractivity contribution in [3.05, 3.63) is 40.2 Å². The first kappa shape index (κ1) is 20.0. The molecule has 0 aliphatic carbocycles. The second-order valence-electron chi connectivity index (χ2n) is 7.27. The van der Waals surface area contributed by atoms with E-state index in [9.17, 15) is 4.79 Å². The molecule has 0 atom stereocenters. The van der Waals surface area contributed by atoms with Crippen LogP contribution in [0.3, 0.4) is 0 Å². The van der Waals surface area contributed by atoms with E-state index in [2.05, 4.69) is 31.2 Å². The van der Waals surface area contributed by atoms with Gasteiger partial charge in [-0.25, -0.2) is 19.7 Å². The SMILES string of the molecule is COC(=O)c1sc2nc(C)nc(NC3CCN(c4ccc(C#N)cn4)CC3)c2c1C. The van der Waals surface area contributed by atoms with Crippen LogP contribution in [0, 0.1) is 25.2 Å². The first-order valence-electron chi connectivity index (χ1n) is 9.74. The number of anilines is 2. The van der Waals surface area contributed by atoms with Gasteiger partial charge < -0.3 is 15.0 Å². The van der Waals surface area contributed by atoms with E-state index in [0.29, 0.717) is 16.3 Å². The van der Waals surface area contributed by atoms with Crippen molar-refractivity contribution < 1.29 is 9.53 Å². The molecule has 8 nitrogen and oxygen atoms in total. The van der Waals surface area contributed by atoms with Gasteiger partial charge in [0, 0.05) is 25.3 Å². The summed E-state index contributed by atoms with van der Waals surface area (Å²) in [7, 11) is 1.39. The first-order chi connectivity index (χ1) is 14.5. The quantitative estimate of drug-likeness (QED) is 0.638. The first-order valence-corrected chi connectivity index (χ1v) is 10.6. The molecule has 0 spiro atoms. The number of hydrogen-bond acceptors (Lipinski definition) is 9. The number of fused-ring (bicyclic) bond motifs is 1. The van der Waals surface area contributed by atoms with Crippen molar-refractivity contribution in [3.63, 3.8) is 0 Å². The number of piperidine rings is 1. The molecule has 1 aliphatic rings. The van der Waals surface area contributed by atoms with Gasteiger partial charge in [-0.1, -0.05) is 0 Å². The Kier molecular flexibility index (Phi) is 5.50. The van der Waals surface area contributed by atoms with E-state index in [-0.39, 0.29) is 12.0 Å². The number of rotatable bonds is 4. The van der Waals surface area contributed by atoms with Gasteiger partial charge in [0.2, 0.25) is 0 Å². The van der Waals surface area contributed by atoms with Crippen LogP contribution in [-0.4, -0.2) is 47.2 Å². The lowest BCUT2D eigenvalue weighted by Gasteiger charge is -2.33. The second kappa shape index (κ2) is 8.24. The van der Waals surface area contributed by atoms with Crippen molar-refractivity contribution in [2.75, 3.05) is 30.4 Å². The number of esters is 1. The summed E-state index contributed by atoms with van der Waals surface area (Å²) in [5.41, 5.74) is 1.42. The Bertz CT molecular complexity index is 1130. The number of hydrogen-bond donors (Lipinski definition) is 1. The van der Waals surface area contributed by atoms with Crippen LogP contribution < -0.4 is 10.2 Å². The highest BCUT2D eigenvalue weighted by Gasteiger charge is 2.24. The zero-order chi connectivity index (χ0) is 21.3. The molecule has 1 aliphatic heterocycles. The molecule has 0 amide bonds. The summed E-state index contributed by atoms with van der Waals surface area (Å²) in [6.45, 7) is 5.49. The molecule has 154 valence electrons. The minimum atomic E-state index is -0.345. The van der Waals surface area contributed by atoms with Gasteiger partial charge in [0.15, 0.2) is 0 Å². The third-order valence-corrected chi connectivity index (χ3v) is 6.48. The molecule has 4 rings (SSSR count). The number of carbonyl (C=O) groups is 1. The van der Waals surface area contributed by atoms with Crippen molar-refractivity contribution >= 4 is 39.2 Å². The fourth-order valence-corrected chi connectivity index (χ4v) is 4.87. The van der Waals surface area contributed by atoms with Gasteiger partial charge in [-0.15, -0.1) is 11.3 Å². The largest absolute Gasteiger partial charge is 0.465 e. The molecule has 0 radical (unpaired) electrons. The summed E-state index contributed by atoms with van der Waals surface area (Å²) in [5.74, 6) is 1.99. The maximum Gasteiger partial charge on any atom is 0.348 e. The normalized spacial score (nSPS) is 14.5. The molecule has 4 heterocycles. The molecule has 3 aromatic heterocycles. The van der Waals surface area contributed by atoms with E-state index in [1.165, 1.54) is 18.4 Å². The van der Waals surface area contributed by atoms with E-state index in [0.717, 1.165) is 53.3 Å². The number of aryl methyl sites for hydroxylation is 2. The van der Waals surface area contributed by atoms with Crippen molar-refractivity contribution in [1.29, 1.82) is 5.26 Å². The van der Waals surface area contributed by atoms with E-state index >= 15 is 0 Å². The van der Waals surface area contributed by atoms with Gasteiger partial charge in [0.1, 0.15) is 33.2 Å². The third kappa shape index (κ3) is 3.78. The van der Waals surface area contributed by atoms with Crippen LogP contribution in [0.15, 0.2) is 18.3 Å². The summed E-state index contributed by atoms with van der Waals surface area (Å²) < 4.78 is 4.91. The van der Waals surface area contributed by atoms with Gasteiger partial charge in [-0.3, -0.25) is 0 Å². The lowest BCUT2D eigenvalue weighted by Crippen LogP contribution is -2.39. The Morgan fingerprint density at radius 1 is 1.30 bits per heavy atom. The third-order valence-electron chi connectivity index (χ3n) is 5.31. The Labute approximate surface area is 178 Å². The predicted molar refractivity (Wildman–Crippen MR) is 116 cm³/mol. The van der Waals surface area contributed by atoms with E-state index < -0.39 is 0 Å². The molecule has 0 saturated carbocycles. The number of carbonyl (C=O) groups excluding carboxylic acids is 1. The Morgan fingerprint density at radius 2 is 2.07 bits per heavy atom. The van der Waals surface area contributed by atoms with Crippen LogP contribution in [0.2, 0.25) is 0 Å². The summed E-state index contributed by atoms with van der Waals surface area (Å²) in [4.78, 5) is 29.2. The van der Waals surface area contributed by atoms with E-state index in [1.807, 2.05) is 19.9 Å². The molecule has 0 unspecified atom stereocenters. The van der Waals surface area contributed by atoms with Crippen LogP contribution in [0.4, 0.5) is 11.6 Å². The number of ether oxygens (including phenoxy) is 1. The second-order valence-corrected chi connectivity index (χ2v) is 8.27. The Morgan fingerprint density at radius 3 is 2.70 bits per heavy atom. The van der Waals surface area contributed by atoms with Crippen LogP contribution in [0.25, 0.3) is 10.2 Å². The Hall–Kier alpha value is -3.25. The van der Waals surface area contributed by atoms with Crippen LogP contribution in [0.1, 0.15) is 39.5 Å². The maximum atomic E-state index is 12.1. The van der Waals surface area contributed by atoms with E-state index in [4.69, 9.17) is 10.00 Å². The van der Waals surface area contributed by atoms with Crippen molar-refractivity contribution in [1.82, 2.24) is 15.0 Å². The molecule has 0 bridgehead atoms. The number of methoxy groups -OCH3 is 1. The van der Waals surface area contributed by atoms with Gasteiger partial charge in [0.25, 0.3) is 0 Å². The molecule has 1 fully saturated rings. The molecular formula is C21H22N6O2S. The number of thiophene rings is 1. The monoisotopic (exact) mass is 422 g/mol. The standard InChI is InChI=1S/C21H22N6O2S/c1-12-17-19(24-13(2)25-20(17)30-18(12)21(28)29-3)26-15-6-8-27(9-7-15)16-5-4-14(10-22)11-23-16/h4-5,11,15H,6-9H2,1-3H3,(H,24,25,26). The fraction of sp³-hybridized carbons (Fsp3) is 0.381. The summed E-state index contributed by atoms with van der Waals surface area (Å²) in [5, 5.41) is 13.4. The lowest BCUT2D eigenvalue weighted by atomic mass is 10.0. The van der Waals surface area contributed by atoms with Gasteiger partial charge in [-0.05, 0) is 44.4 Å². The number of pyridine rings is 1. The molecule has 1 saturated heterocycles. The number of nitrogens with one attached hydrogen (secondary N) is 1. The number of nitriles is 1. The van der Waals surface area contributed by atoms with Gasteiger partial charge in [0.05, 0.1) is 18.1 Å². The maximum absolute atomic E-state index is 12.1. The molecular weight excluding hydrogens is 400 g/mol. The van der Waals surface area contributed by atoms with E-state index in [1.54, 1.807) is 12.3 Å². The van der Waals surface area contributed by atoms with Crippen molar-refractivity contribution in [2.45, 2.75) is 32.7 Å². The zero-order valence-corrected chi connectivity index (χ0v) is 17.9.